The Morgan fingerprint density at radius 2 is 2.09 bits per heavy atom. The second-order valence-electron chi connectivity index (χ2n) is 5.81. The van der Waals surface area contributed by atoms with Crippen molar-refractivity contribution in [3.05, 3.63) is 53.9 Å². The standard InChI is InChI=1S/C18H21N3O/c1-13-18(19-17(22)12-15-8-6-7-9-15)14(2)21(20-13)16-10-4-3-5-11-16/h3-6,8,10-11,15H,7,9,12H2,1-2H3,(H,19,22)/t15-/m1/s1. The summed E-state index contributed by atoms with van der Waals surface area (Å²) in [4.78, 5) is 12.2. The number of hydrogen-bond donors (Lipinski definition) is 1. The second kappa shape index (κ2) is 6.18. The molecule has 0 saturated carbocycles. The number of anilines is 1. The van der Waals surface area contributed by atoms with Crippen molar-refractivity contribution < 1.29 is 4.79 Å². The third kappa shape index (κ3) is 2.96. The first-order valence-electron chi connectivity index (χ1n) is 7.73. The van der Waals surface area contributed by atoms with Gasteiger partial charge in [0.2, 0.25) is 5.91 Å². The van der Waals surface area contributed by atoms with Gasteiger partial charge in [0, 0.05) is 6.42 Å². The Morgan fingerprint density at radius 3 is 2.77 bits per heavy atom. The first-order valence-corrected chi connectivity index (χ1v) is 7.73. The van der Waals surface area contributed by atoms with Crippen molar-refractivity contribution in [2.75, 3.05) is 5.32 Å². The lowest BCUT2D eigenvalue weighted by atomic mass is 10.0. The number of aromatic nitrogens is 2. The summed E-state index contributed by atoms with van der Waals surface area (Å²) in [6.45, 7) is 3.91. The quantitative estimate of drug-likeness (QED) is 0.872. The highest BCUT2D eigenvalue weighted by Gasteiger charge is 2.18. The maximum Gasteiger partial charge on any atom is 0.225 e. The Balaban J connectivity index is 1.78. The minimum Gasteiger partial charge on any atom is -0.323 e. The van der Waals surface area contributed by atoms with E-state index in [4.69, 9.17) is 0 Å². The predicted molar refractivity (Wildman–Crippen MR) is 88.1 cm³/mol. The highest BCUT2D eigenvalue weighted by molar-refractivity contribution is 5.92. The topological polar surface area (TPSA) is 46.9 Å². The summed E-state index contributed by atoms with van der Waals surface area (Å²) < 4.78 is 1.88. The Morgan fingerprint density at radius 1 is 1.32 bits per heavy atom. The van der Waals surface area contributed by atoms with E-state index in [1.807, 2.05) is 48.9 Å². The smallest absolute Gasteiger partial charge is 0.225 e. The molecule has 1 aromatic heterocycles. The lowest BCUT2D eigenvalue weighted by molar-refractivity contribution is -0.116. The van der Waals surface area contributed by atoms with Crippen molar-refractivity contribution >= 4 is 11.6 Å². The van der Waals surface area contributed by atoms with Gasteiger partial charge in [0.05, 0.1) is 22.8 Å². The first-order chi connectivity index (χ1) is 10.6. The number of aryl methyl sites for hydroxylation is 1. The molecule has 0 fully saturated rings. The van der Waals surface area contributed by atoms with Gasteiger partial charge in [0.15, 0.2) is 0 Å². The maximum atomic E-state index is 12.2. The molecule has 2 aromatic rings. The molecule has 1 aliphatic carbocycles. The number of rotatable bonds is 4. The lowest BCUT2D eigenvalue weighted by Gasteiger charge is -2.09. The zero-order valence-electron chi connectivity index (χ0n) is 13.0. The minimum atomic E-state index is 0.0651. The van der Waals surface area contributed by atoms with Gasteiger partial charge in [-0.3, -0.25) is 4.79 Å². The third-order valence-corrected chi connectivity index (χ3v) is 4.12. The summed E-state index contributed by atoms with van der Waals surface area (Å²) in [6, 6.07) is 9.96. The van der Waals surface area contributed by atoms with Crippen molar-refractivity contribution in [2.24, 2.45) is 5.92 Å². The van der Waals surface area contributed by atoms with Crippen LogP contribution in [0, 0.1) is 19.8 Å². The van der Waals surface area contributed by atoms with E-state index >= 15 is 0 Å². The molecule has 1 heterocycles. The maximum absolute atomic E-state index is 12.2. The third-order valence-electron chi connectivity index (χ3n) is 4.12. The number of para-hydroxylation sites is 1. The molecular weight excluding hydrogens is 274 g/mol. The summed E-state index contributed by atoms with van der Waals surface area (Å²) in [5.41, 5.74) is 3.63. The number of benzene rings is 1. The molecule has 22 heavy (non-hydrogen) atoms. The van der Waals surface area contributed by atoms with Crippen LogP contribution in [0.4, 0.5) is 5.69 Å². The summed E-state index contributed by atoms with van der Waals surface area (Å²) in [6.07, 6.45) is 7.01. The number of hydrogen-bond acceptors (Lipinski definition) is 2. The number of nitrogens with one attached hydrogen (secondary N) is 1. The summed E-state index contributed by atoms with van der Waals surface area (Å²) in [5, 5.41) is 7.59. The van der Waals surface area contributed by atoms with Crippen LogP contribution in [-0.4, -0.2) is 15.7 Å². The fourth-order valence-electron chi connectivity index (χ4n) is 2.94. The van der Waals surface area contributed by atoms with E-state index in [9.17, 15) is 4.79 Å². The van der Waals surface area contributed by atoms with E-state index in [0.29, 0.717) is 12.3 Å². The van der Waals surface area contributed by atoms with Gasteiger partial charge < -0.3 is 5.32 Å². The molecule has 0 aliphatic heterocycles. The average molecular weight is 295 g/mol. The molecule has 0 bridgehead atoms. The van der Waals surface area contributed by atoms with Gasteiger partial charge in [-0.25, -0.2) is 4.68 Å². The van der Waals surface area contributed by atoms with E-state index in [2.05, 4.69) is 22.6 Å². The molecule has 1 aliphatic rings. The van der Waals surface area contributed by atoms with Gasteiger partial charge in [0.1, 0.15) is 0 Å². The van der Waals surface area contributed by atoms with Gasteiger partial charge >= 0.3 is 0 Å². The zero-order chi connectivity index (χ0) is 15.5. The molecule has 4 nitrogen and oxygen atoms in total. The molecule has 1 aromatic carbocycles. The van der Waals surface area contributed by atoms with Gasteiger partial charge in [-0.2, -0.15) is 5.10 Å². The molecule has 1 amide bonds. The SMILES string of the molecule is Cc1nn(-c2ccccc2)c(C)c1NC(=O)C[C@@H]1C=CCC1. The number of allylic oxidation sites excluding steroid dienone is 2. The molecule has 1 N–H and O–H groups in total. The van der Waals surface area contributed by atoms with Crippen molar-refractivity contribution in [3.63, 3.8) is 0 Å². The van der Waals surface area contributed by atoms with Gasteiger partial charge in [0.25, 0.3) is 0 Å². The van der Waals surface area contributed by atoms with Crippen molar-refractivity contribution in [3.8, 4) is 5.69 Å². The Labute approximate surface area is 130 Å². The van der Waals surface area contributed by atoms with Gasteiger partial charge in [-0.1, -0.05) is 30.4 Å². The number of nitrogens with zero attached hydrogens (tertiary/aromatic N) is 2. The normalized spacial score (nSPS) is 16.9. The minimum absolute atomic E-state index is 0.0651. The van der Waals surface area contributed by atoms with Crippen LogP contribution in [0.3, 0.4) is 0 Å². The Bertz CT molecular complexity index is 701. The highest BCUT2D eigenvalue weighted by Crippen LogP contribution is 2.25. The molecule has 0 unspecified atom stereocenters. The van der Waals surface area contributed by atoms with Crippen LogP contribution < -0.4 is 5.32 Å². The van der Waals surface area contributed by atoms with Crippen LogP contribution in [0.5, 0.6) is 0 Å². The van der Waals surface area contributed by atoms with Crippen LogP contribution in [-0.2, 0) is 4.79 Å². The Kier molecular flexibility index (Phi) is 4.09. The molecule has 0 spiro atoms. The summed E-state index contributed by atoms with van der Waals surface area (Å²) >= 11 is 0. The van der Waals surface area contributed by atoms with Crippen LogP contribution in [0.15, 0.2) is 42.5 Å². The van der Waals surface area contributed by atoms with E-state index in [0.717, 1.165) is 35.6 Å². The van der Waals surface area contributed by atoms with E-state index < -0.39 is 0 Å². The highest BCUT2D eigenvalue weighted by atomic mass is 16.1. The lowest BCUT2D eigenvalue weighted by Crippen LogP contribution is -2.15. The van der Waals surface area contributed by atoms with Crippen LogP contribution in [0.2, 0.25) is 0 Å². The van der Waals surface area contributed by atoms with E-state index in [-0.39, 0.29) is 5.91 Å². The first kappa shape index (κ1) is 14.6. The monoisotopic (exact) mass is 295 g/mol. The summed E-state index contributed by atoms with van der Waals surface area (Å²) in [7, 11) is 0. The predicted octanol–water partition coefficient (Wildman–Crippen LogP) is 3.78. The molecule has 4 heteroatoms. The zero-order valence-corrected chi connectivity index (χ0v) is 13.0. The van der Waals surface area contributed by atoms with Crippen molar-refractivity contribution in [1.29, 1.82) is 0 Å². The molecule has 1 atom stereocenters. The van der Waals surface area contributed by atoms with Gasteiger partial charge in [-0.15, -0.1) is 0 Å². The van der Waals surface area contributed by atoms with Crippen LogP contribution in [0.25, 0.3) is 5.69 Å². The van der Waals surface area contributed by atoms with E-state index in [1.54, 1.807) is 0 Å². The molecule has 114 valence electrons. The average Bonchev–Trinajstić information content (AvgIpc) is 3.11. The number of amides is 1. The molecule has 0 radical (unpaired) electrons. The molecule has 3 rings (SSSR count). The van der Waals surface area contributed by atoms with Crippen LogP contribution in [0.1, 0.15) is 30.7 Å². The van der Waals surface area contributed by atoms with Crippen molar-refractivity contribution in [1.82, 2.24) is 9.78 Å². The molecular formula is C18H21N3O. The second-order valence-corrected chi connectivity index (χ2v) is 5.81. The Hall–Kier alpha value is -2.36. The number of carbonyl (C=O) groups excluding carboxylic acids is 1. The fraction of sp³-hybridized carbons (Fsp3) is 0.333. The van der Waals surface area contributed by atoms with Crippen molar-refractivity contribution in [2.45, 2.75) is 33.1 Å². The largest absolute Gasteiger partial charge is 0.323 e. The summed E-state index contributed by atoms with van der Waals surface area (Å²) in [5.74, 6) is 0.445. The van der Waals surface area contributed by atoms with Gasteiger partial charge in [-0.05, 0) is 44.7 Å². The van der Waals surface area contributed by atoms with E-state index in [1.165, 1.54) is 0 Å². The van der Waals surface area contributed by atoms with Crippen LogP contribution >= 0.6 is 0 Å². The number of carbonyl (C=O) groups is 1. The molecule has 0 saturated heterocycles. The fourth-order valence-corrected chi connectivity index (χ4v) is 2.94.